The largest absolute Gasteiger partial charge is 0.385 e. The number of anilines is 1. The highest BCUT2D eigenvalue weighted by Crippen LogP contribution is 2.23. The van der Waals surface area contributed by atoms with Crippen LogP contribution in [-0.2, 0) is 9.53 Å². The lowest BCUT2D eigenvalue weighted by atomic mass is 9.96. The first-order valence-corrected chi connectivity index (χ1v) is 8.24. The number of carbonyl (C=O) groups excluding carboxylic acids is 1. The maximum absolute atomic E-state index is 12.2. The van der Waals surface area contributed by atoms with Crippen molar-refractivity contribution < 1.29 is 9.53 Å². The molecule has 1 amide bonds. The number of aromatic nitrogens is 2. The molecule has 0 unspecified atom stereocenters. The minimum absolute atomic E-state index is 0.109. The third kappa shape index (κ3) is 3.82. The first kappa shape index (κ1) is 15.8. The molecule has 6 nitrogen and oxygen atoms in total. The lowest BCUT2D eigenvalue weighted by molar-refractivity contribution is -0.125. The zero-order chi connectivity index (χ0) is 16.1. The molecular weight excluding hydrogens is 292 g/mol. The Morgan fingerprint density at radius 3 is 2.91 bits per heavy atom. The summed E-state index contributed by atoms with van der Waals surface area (Å²) in [5, 5.41) is 3.00. The summed E-state index contributed by atoms with van der Waals surface area (Å²) >= 11 is 0. The van der Waals surface area contributed by atoms with Gasteiger partial charge in [-0.05, 0) is 31.4 Å². The Morgan fingerprint density at radius 1 is 1.39 bits per heavy atom. The van der Waals surface area contributed by atoms with Crippen LogP contribution in [0.15, 0.2) is 24.3 Å². The number of fused-ring (bicyclic) bond motifs is 1. The summed E-state index contributed by atoms with van der Waals surface area (Å²) in [7, 11) is 1.68. The van der Waals surface area contributed by atoms with Crippen molar-refractivity contribution in [3.63, 3.8) is 0 Å². The number of rotatable bonds is 6. The van der Waals surface area contributed by atoms with Crippen LogP contribution in [0.1, 0.15) is 19.3 Å². The summed E-state index contributed by atoms with van der Waals surface area (Å²) < 4.78 is 4.99. The van der Waals surface area contributed by atoms with E-state index >= 15 is 0 Å². The fourth-order valence-electron chi connectivity index (χ4n) is 3.02. The number of aromatic amines is 1. The predicted octanol–water partition coefficient (Wildman–Crippen LogP) is 1.93. The average molecular weight is 316 g/mol. The summed E-state index contributed by atoms with van der Waals surface area (Å²) in [6, 6.07) is 8.04. The van der Waals surface area contributed by atoms with Crippen molar-refractivity contribution in [2.75, 3.05) is 38.3 Å². The fourth-order valence-corrected chi connectivity index (χ4v) is 3.02. The first-order valence-electron chi connectivity index (χ1n) is 8.24. The van der Waals surface area contributed by atoms with E-state index < -0.39 is 0 Å². The van der Waals surface area contributed by atoms with Crippen molar-refractivity contribution in [2.45, 2.75) is 19.3 Å². The van der Waals surface area contributed by atoms with Gasteiger partial charge in [-0.1, -0.05) is 12.1 Å². The number of carbonyl (C=O) groups is 1. The molecule has 124 valence electrons. The van der Waals surface area contributed by atoms with Crippen molar-refractivity contribution in [3.8, 4) is 0 Å². The Balaban J connectivity index is 1.50. The number of imidazole rings is 1. The van der Waals surface area contributed by atoms with Crippen molar-refractivity contribution in [2.24, 2.45) is 5.92 Å². The molecule has 1 aromatic carbocycles. The van der Waals surface area contributed by atoms with Gasteiger partial charge in [-0.15, -0.1) is 0 Å². The van der Waals surface area contributed by atoms with E-state index in [4.69, 9.17) is 4.74 Å². The molecule has 0 bridgehead atoms. The summed E-state index contributed by atoms with van der Waals surface area (Å²) in [6.45, 7) is 3.09. The molecule has 0 saturated carbocycles. The SMILES string of the molecule is COCCCNC(=O)C1CCN(c2nc3ccccc3[nH]2)CC1. The van der Waals surface area contributed by atoms with E-state index in [0.29, 0.717) is 13.2 Å². The number of nitrogens with one attached hydrogen (secondary N) is 2. The third-order valence-electron chi connectivity index (χ3n) is 4.37. The highest BCUT2D eigenvalue weighted by Gasteiger charge is 2.26. The molecule has 2 N–H and O–H groups in total. The fraction of sp³-hybridized carbons (Fsp3) is 0.529. The van der Waals surface area contributed by atoms with Gasteiger partial charge in [0.15, 0.2) is 0 Å². The van der Waals surface area contributed by atoms with Gasteiger partial charge in [0.25, 0.3) is 0 Å². The number of para-hydroxylation sites is 2. The molecule has 23 heavy (non-hydrogen) atoms. The molecule has 1 aromatic heterocycles. The van der Waals surface area contributed by atoms with Crippen molar-refractivity contribution >= 4 is 22.9 Å². The molecule has 3 rings (SSSR count). The molecule has 2 aromatic rings. The zero-order valence-electron chi connectivity index (χ0n) is 13.5. The quantitative estimate of drug-likeness (QED) is 0.799. The van der Waals surface area contributed by atoms with Gasteiger partial charge in [-0.2, -0.15) is 0 Å². The van der Waals surface area contributed by atoms with Gasteiger partial charge < -0.3 is 19.9 Å². The van der Waals surface area contributed by atoms with E-state index in [2.05, 4.69) is 20.2 Å². The Hall–Kier alpha value is -2.08. The smallest absolute Gasteiger partial charge is 0.223 e. The first-order chi connectivity index (χ1) is 11.3. The lowest BCUT2D eigenvalue weighted by Crippen LogP contribution is -2.41. The van der Waals surface area contributed by atoms with Gasteiger partial charge in [-0.3, -0.25) is 4.79 Å². The topological polar surface area (TPSA) is 70.2 Å². The maximum Gasteiger partial charge on any atom is 0.223 e. The number of ether oxygens (including phenoxy) is 1. The number of hydrogen-bond acceptors (Lipinski definition) is 4. The minimum Gasteiger partial charge on any atom is -0.385 e. The lowest BCUT2D eigenvalue weighted by Gasteiger charge is -2.31. The number of methoxy groups -OCH3 is 1. The summed E-state index contributed by atoms with van der Waals surface area (Å²) in [4.78, 5) is 22.4. The van der Waals surface area contributed by atoms with E-state index in [1.807, 2.05) is 24.3 Å². The Kier molecular flexibility index (Phi) is 5.12. The highest BCUT2D eigenvalue weighted by molar-refractivity contribution is 5.79. The summed E-state index contributed by atoms with van der Waals surface area (Å²) in [5.74, 6) is 1.19. The monoisotopic (exact) mass is 316 g/mol. The van der Waals surface area contributed by atoms with Crippen LogP contribution in [0.4, 0.5) is 5.95 Å². The maximum atomic E-state index is 12.2. The normalized spacial score (nSPS) is 16.0. The molecule has 1 fully saturated rings. The van der Waals surface area contributed by atoms with Crippen LogP contribution < -0.4 is 10.2 Å². The summed E-state index contributed by atoms with van der Waals surface area (Å²) in [5.41, 5.74) is 2.04. The van der Waals surface area contributed by atoms with E-state index in [-0.39, 0.29) is 11.8 Å². The molecule has 0 aliphatic carbocycles. The number of nitrogens with zero attached hydrogens (tertiary/aromatic N) is 2. The molecule has 2 heterocycles. The van der Waals surface area contributed by atoms with Crippen molar-refractivity contribution in [3.05, 3.63) is 24.3 Å². The van der Waals surface area contributed by atoms with Crippen LogP contribution >= 0.6 is 0 Å². The number of hydrogen-bond donors (Lipinski definition) is 2. The standard InChI is InChI=1S/C17H24N4O2/c1-23-12-4-9-18-16(22)13-7-10-21(11-8-13)17-19-14-5-2-3-6-15(14)20-17/h2-3,5-6,13H,4,7-12H2,1H3,(H,18,22)(H,19,20). The van der Waals surface area contributed by atoms with Crippen LogP contribution in [0.25, 0.3) is 11.0 Å². The second kappa shape index (κ2) is 7.46. The van der Waals surface area contributed by atoms with Crippen LogP contribution in [0.2, 0.25) is 0 Å². The number of amides is 1. The van der Waals surface area contributed by atoms with Gasteiger partial charge in [0.2, 0.25) is 11.9 Å². The molecule has 1 aliphatic rings. The molecule has 0 atom stereocenters. The summed E-state index contributed by atoms with van der Waals surface area (Å²) in [6.07, 6.45) is 2.60. The minimum atomic E-state index is 0.109. The molecule has 6 heteroatoms. The Morgan fingerprint density at radius 2 is 2.17 bits per heavy atom. The average Bonchev–Trinajstić information content (AvgIpc) is 3.03. The van der Waals surface area contributed by atoms with Crippen molar-refractivity contribution in [1.82, 2.24) is 15.3 Å². The zero-order valence-corrected chi connectivity index (χ0v) is 13.5. The van der Waals surface area contributed by atoms with Crippen molar-refractivity contribution in [1.29, 1.82) is 0 Å². The van der Waals surface area contributed by atoms with Gasteiger partial charge in [0.05, 0.1) is 11.0 Å². The van der Waals surface area contributed by atoms with E-state index in [9.17, 15) is 4.79 Å². The number of H-pyrrole nitrogens is 1. The van der Waals surface area contributed by atoms with Gasteiger partial charge in [-0.25, -0.2) is 4.98 Å². The van der Waals surface area contributed by atoms with Crippen LogP contribution in [-0.4, -0.2) is 49.2 Å². The molecule has 1 saturated heterocycles. The molecular formula is C17H24N4O2. The Bertz CT molecular complexity index is 614. The van der Waals surface area contributed by atoms with E-state index in [1.54, 1.807) is 7.11 Å². The van der Waals surface area contributed by atoms with Crippen LogP contribution in [0.5, 0.6) is 0 Å². The third-order valence-corrected chi connectivity index (χ3v) is 4.37. The second-order valence-corrected chi connectivity index (χ2v) is 5.98. The second-order valence-electron chi connectivity index (χ2n) is 5.98. The van der Waals surface area contributed by atoms with Crippen LogP contribution in [0, 0.1) is 5.92 Å². The van der Waals surface area contributed by atoms with E-state index in [0.717, 1.165) is 49.3 Å². The van der Waals surface area contributed by atoms with Crippen LogP contribution in [0.3, 0.4) is 0 Å². The highest BCUT2D eigenvalue weighted by atomic mass is 16.5. The molecule has 0 spiro atoms. The van der Waals surface area contributed by atoms with Gasteiger partial charge >= 0.3 is 0 Å². The molecule has 0 radical (unpaired) electrons. The molecule has 1 aliphatic heterocycles. The van der Waals surface area contributed by atoms with Gasteiger partial charge in [0.1, 0.15) is 0 Å². The number of piperidine rings is 1. The van der Waals surface area contributed by atoms with Gasteiger partial charge in [0, 0.05) is 39.3 Å². The number of benzene rings is 1. The van der Waals surface area contributed by atoms with E-state index in [1.165, 1.54) is 0 Å². The Labute approximate surface area is 136 Å². The predicted molar refractivity (Wildman–Crippen MR) is 90.5 cm³/mol.